The highest BCUT2D eigenvalue weighted by Gasteiger charge is 2.53. The van der Waals surface area contributed by atoms with Gasteiger partial charge in [-0.1, -0.05) is 32.9 Å². The van der Waals surface area contributed by atoms with Crippen LogP contribution in [0.3, 0.4) is 0 Å². The smallest absolute Gasteiger partial charge is 0.344 e. The van der Waals surface area contributed by atoms with Gasteiger partial charge in [-0.05, 0) is 50.7 Å². The number of thiazole rings is 1. The van der Waals surface area contributed by atoms with Crippen molar-refractivity contribution in [3.05, 3.63) is 35.0 Å². The number of nitrogens with zero attached hydrogens (tertiary/aromatic N) is 2. The predicted octanol–water partition coefficient (Wildman–Crippen LogP) is 3.23. The number of rotatable bonds is 11. The number of nitrogens with one attached hydrogen (secondary N) is 2. The van der Waals surface area contributed by atoms with Gasteiger partial charge in [0.15, 0.2) is 12.3 Å². The average Bonchev–Trinajstić information content (AvgIpc) is 3.36. The maximum atomic E-state index is 14.5. The Morgan fingerprint density at radius 3 is 2.52 bits per heavy atom. The highest BCUT2D eigenvalue weighted by atomic mass is 32.1. The first-order valence-corrected chi connectivity index (χ1v) is 15.6. The quantitative estimate of drug-likeness (QED) is 0.320. The second kappa shape index (κ2) is 13.2. The van der Waals surface area contributed by atoms with E-state index in [2.05, 4.69) is 15.6 Å². The van der Waals surface area contributed by atoms with Crippen LogP contribution in [0.2, 0.25) is 0 Å². The topological polar surface area (TPSA) is 147 Å². The van der Waals surface area contributed by atoms with Crippen LogP contribution >= 0.6 is 11.3 Å². The molecule has 4 atom stereocenters. The zero-order valence-corrected chi connectivity index (χ0v) is 26.8. The van der Waals surface area contributed by atoms with Crippen LogP contribution < -0.4 is 15.4 Å². The third-order valence-corrected chi connectivity index (χ3v) is 8.82. The minimum Gasteiger partial charge on any atom is -0.482 e. The van der Waals surface area contributed by atoms with Crippen molar-refractivity contribution in [2.75, 3.05) is 19.8 Å². The molecule has 13 heteroatoms. The lowest BCUT2D eigenvalue weighted by atomic mass is 9.85. The van der Waals surface area contributed by atoms with Crippen molar-refractivity contribution in [3.8, 4) is 16.2 Å². The number of ether oxygens (including phenoxy) is 2. The van der Waals surface area contributed by atoms with Crippen LogP contribution in [0.4, 0.5) is 4.39 Å². The first-order chi connectivity index (χ1) is 20.6. The van der Waals surface area contributed by atoms with Gasteiger partial charge >= 0.3 is 5.97 Å². The summed E-state index contributed by atoms with van der Waals surface area (Å²) in [6.07, 6.45) is -0.752. The van der Waals surface area contributed by atoms with E-state index in [1.807, 2.05) is 13.0 Å². The second-order valence-corrected chi connectivity index (χ2v) is 13.3. The molecule has 0 radical (unpaired) electrons. The molecule has 1 aromatic carbocycles. The Kier molecular flexibility index (Phi) is 9.99. The molecule has 0 unspecified atom stereocenters. The number of esters is 1. The average molecular weight is 633 g/mol. The van der Waals surface area contributed by atoms with Gasteiger partial charge in [-0.3, -0.25) is 14.4 Å². The third kappa shape index (κ3) is 7.55. The van der Waals surface area contributed by atoms with E-state index in [4.69, 9.17) is 9.47 Å². The molecule has 1 aliphatic heterocycles. The molecule has 3 N–H and O–H groups in total. The number of β-amino-alcohol motifs (C(OH)–C–C–N with tert-alkyl or cyclic N) is 1. The summed E-state index contributed by atoms with van der Waals surface area (Å²) in [5.74, 6) is -2.09. The molecule has 1 saturated heterocycles. The van der Waals surface area contributed by atoms with Crippen molar-refractivity contribution in [1.82, 2.24) is 20.5 Å². The highest BCUT2D eigenvalue weighted by molar-refractivity contribution is 7.13. The molecule has 2 aliphatic rings. The number of halogens is 1. The Hall–Kier alpha value is -3.58. The fourth-order valence-corrected chi connectivity index (χ4v) is 5.98. The number of aliphatic hydroxyl groups is 1. The maximum absolute atomic E-state index is 14.5. The summed E-state index contributed by atoms with van der Waals surface area (Å²) in [6.45, 7) is 10.3. The van der Waals surface area contributed by atoms with Crippen LogP contribution in [-0.2, 0) is 23.9 Å². The number of amides is 3. The molecule has 3 amide bonds. The van der Waals surface area contributed by atoms with E-state index in [9.17, 15) is 28.7 Å². The number of hydrogen-bond acceptors (Lipinski definition) is 9. The summed E-state index contributed by atoms with van der Waals surface area (Å²) < 4.78 is 25.3. The lowest BCUT2D eigenvalue weighted by Crippen LogP contribution is -2.59. The summed E-state index contributed by atoms with van der Waals surface area (Å²) in [6, 6.07) is 2.70. The van der Waals surface area contributed by atoms with Gasteiger partial charge in [0.25, 0.3) is 5.91 Å². The summed E-state index contributed by atoms with van der Waals surface area (Å²) >= 11 is 1.46. The Balaban J connectivity index is 1.54. The maximum Gasteiger partial charge on any atom is 0.344 e. The van der Waals surface area contributed by atoms with E-state index in [0.717, 1.165) is 16.1 Å². The Labute approximate surface area is 260 Å². The van der Waals surface area contributed by atoms with Gasteiger partial charge in [-0.15, -0.1) is 11.3 Å². The van der Waals surface area contributed by atoms with Gasteiger partial charge in [0.1, 0.15) is 17.8 Å². The number of carbonyl (C=O) groups is 4. The first kappa shape index (κ1) is 33.3. The van der Waals surface area contributed by atoms with Crippen LogP contribution in [0.1, 0.15) is 71.2 Å². The third-order valence-electron chi connectivity index (χ3n) is 7.85. The summed E-state index contributed by atoms with van der Waals surface area (Å²) in [7, 11) is 0. The van der Waals surface area contributed by atoms with E-state index in [1.165, 1.54) is 16.2 Å². The number of benzene rings is 1. The highest BCUT2D eigenvalue weighted by Crippen LogP contribution is 2.40. The molecule has 1 saturated carbocycles. The number of aliphatic hydroxyl groups excluding tert-OH is 1. The summed E-state index contributed by atoms with van der Waals surface area (Å²) in [4.78, 5) is 58.5. The Morgan fingerprint density at radius 1 is 1.23 bits per heavy atom. The molecule has 44 heavy (non-hydrogen) atoms. The molecule has 0 bridgehead atoms. The first-order valence-electron chi connectivity index (χ1n) is 14.8. The van der Waals surface area contributed by atoms with Crippen molar-refractivity contribution in [1.29, 1.82) is 0 Å². The molecular weight excluding hydrogens is 591 g/mol. The van der Waals surface area contributed by atoms with Crippen molar-refractivity contribution in [3.63, 3.8) is 0 Å². The molecular formula is C31H41FN4O7S. The van der Waals surface area contributed by atoms with Gasteiger partial charge < -0.3 is 30.1 Å². The van der Waals surface area contributed by atoms with Gasteiger partial charge in [-0.25, -0.2) is 14.2 Å². The fourth-order valence-electron chi connectivity index (χ4n) is 5.18. The number of alkyl halides is 1. The normalized spacial score (nSPS) is 20.4. The van der Waals surface area contributed by atoms with E-state index >= 15 is 0 Å². The van der Waals surface area contributed by atoms with Crippen molar-refractivity contribution >= 4 is 35.0 Å². The lowest BCUT2D eigenvalue weighted by molar-refractivity contribution is -0.145. The molecule has 1 aromatic heterocycles. The number of likely N-dealkylation sites (tertiary alicyclic amines) is 1. The molecule has 4 rings (SSSR count). The SMILES string of the molecule is CCOC(=O)COc1cc(-c2scnc2C)ccc1[C@H](C)NC(=O)[C@@H]1C[C@@H](O)CN1C(=O)[C@@H](NC(=O)C1(F)CC1)C(C)(C)C. The molecule has 0 spiro atoms. The molecule has 2 aromatic rings. The second-order valence-electron chi connectivity index (χ2n) is 12.5. The van der Waals surface area contributed by atoms with Gasteiger partial charge in [-0.2, -0.15) is 0 Å². The van der Waals surface area contributed by atoms with E-state index in [0.29, 0.717) is 11.3 Å². The summed E-state index contributed by atoms with van der Waals surface area (Å²) in [5, 5.41) is 16.0. The van der Waals surface area contributed by atoms with Crippen molar-refractivity contribution in [2.45, 2.75) is 90.7 Å². The van der Waals surface area contributed by atoms with Crippen LogP contribution in [0.5, 0.6) is 5.75 Å². The molecule has 1 aliphatic carbocycles. The van der Waals surface area contributed by atoms with Crippen molar-refractivity contribution in [2.24, 2.45) is 5.41 Å². The van der Waals surface area contributed by atoms with Crippen LogP contribution in [0.25, 0.3) is 10.4 Å². The summed E-state index contributed by atoms with van der Waals surface area (Å²) in [5.41, 5.74) is 1.24. The number of aromatic nitrogens is 1. The number of carbonyl (C=O) groups excluding carboxylic acids is 4. The van der Waals surface area contributed by atoms with Crippen LogP contribution in [0.15, 0.2) is 23.7 Å². The largest absolute Gasteiger partial charge is 0.482 e. The molecule has 2 heterocycles. The van der Waals surface area contributed by atoms with Gasteiger partial charge in [0.2, 0.25) is 11.8 Å². The van der Waals surface area contributed by atoms with Gasteiger partial charge in [0.05, 0.1) is 34.8 Å². The van der Waals surface area contributed by atoms with Crippen LogP contribution in [-0.4, -0.2) is 82.3 Å². The predicted molar refractivity (Wildman–Crippen MR) is 162 cm³/mol. The van der Waals surface area contributed by atoms with E-state index in [-0.39, 0.29) is 39.0 Å². The fraction of sp³-hybridized carbons (Fsp3) is 0.581. The standard InChI is InChI=1S/C31H41FN4O7S/c1-7-42-24(38)15-43-23-12-19(25-18(3)33-16-44-25)8-9-21(23)17(2)34-27(39)22-13-20(37)14-36(22)28(40)26(30(4,5)6)35-29(41)31(32)10-11-31/h8-9,12,16-17,20,22,26,37H,7,10-11,13-15H2,1-6H3,(H,34,39)(H,35,41)/t17-,20+,22-,26+/m0/s1. The Morgan fingerprint density at radius 2 is 1.93 bits per heavy atom. The minimum absolute atomic E-state index is 0.00202. The monoisotopic (exact) mass is 632 g/mol. The zero-order chi connectivity index (χ0) is 32.4. The Bertz CT molecular complexity index is 1400. The van der Waals surface area contributed by atoms with E-state index < -0.39 is 59.0 Å². The molecule has 2 fully saturated rings. The molecule has 240 valence electrons. The molecule has 11 nitrogen and oxygen atoms in total. The van der Waals surface area contributed by atoms with Crippen molar-refractivity contribution < 1.29 is 38.1 Å². The number of aryl methyl sites for hydroxylation is 1. The van der Waals surface area contributed by atoms with Crippen LogP contribution in [0, 0.1) is 12.3 Å². The number of hydrogen-bond donors (Lipinski definition) is 3. The van der Waals surface area contributed by atoms with E-state index in [1.54, 1.807) is 52.3 Å². The minimum atomic E-state index is -1.97. The zero-order valence-electron chi connectivity index (χ0n) is 25.9. The lowest BCUT2D eigenvalue weighted by Gasteiger charge is -2.35. The van der Waals surface area contributed by atoms with Gasteiger partial charge in [0, 0.05) is 18.5 Å².